The number of nitrogens with one attached hydrogen (secondary N) is 1. The summed E-state index contributed by atoms with van der Waals surface area (Å²) in [5, 5.41) is 13.6. The Hall–Kier alpha value is -3.38. The molecule has 32 heavy (non-hydrogen) atoms. The van der Waals surface area contributed by atoms with Crippen molar-refractivity contribution >= 4 is 21.6 Å². The zero-order valence-electron chi connectivity index (χ0n) is 17.4. The number of carbonyl (C=O) groups is 1. The number of anilines is 1. The summed E-state index contributed by atoms with van der Waals surface area (Å²) in [6.07, 6.45) is 1.55. The predicted molar refractivity (Wildman–Crippen MR) is 113 cm³/mol. The number of benzene rings is 2. The molecule has 1 aromatic heterocycles. The number of aryl methyl sites for hydroxylation is 1. The summed E-state index contributed by atoms with van der Waals surface area (Å²) in [6.45, 7) is 2.51. The minimum absolute atomic E-state index is 0.0481. The van der Waals surface area contributed by atoms with Crippen molar-refractivity contribution in [2.45, 2.75) is 24.7 Å². The third-order valence-electron chi connectivity index (χ3n) is 5.18. The molecule has 1 amide bonds. The number of hydrogen-bond donors (Lipinski definition) is 1. The van der Waals surface area contributed by atoms with Crippen LogP contribution in [0.2, 0.25) is 0 Å². The smallest absolute Gasteiger partial charge is 0.255 e. The standard InChI is InChI=1S/C20H21FN6O4S/c1-13-23-24-25-27(13)15-6-7-16(21)17(12-15)22-20(28)14-5-8-18(31-2)19(11-14)32(29,30)26-9-3-4-10-26/h5-8,11-12H,3-4,9-10H2,1-2H3,(H,22,28). The Morgan fingerprint density at radius 1 is 1.16 bits per heavy atom. The second kappa shape index (κ2) is 8.63. The van der Waals surface area contributed by atoms with Gasteiger partial charge in [-0.3, -0.25) is 4.79 Å². The van der Waals surface area contributed by atoms with E-state index in [1.54, 1.807) is 6.92 Å². The molecule has 0 aliphatic carbocycles. The molecule has 1 aliphatic rings. The van der Waals surface area contributed by atoms with Crippen molar-refractivity contribution in [3.05, 3.63) is 53.6 Å². The Morgan fingerprint density at radius 2 is 1.91 bits per heavy atom. The van der Waals surface area contributed by atoms with Crippen LogP contribution in [0.4, 0.5) is 10.1 Å². The van der Waals surface area contributed by atoms with E-state index in [0.29, 0.717) is 24.6 Å². The van der Waals surface area contributed by atoms with Crippen LogP contribution in [0.1, 0.15) is 29.0 Å². The number of tetrazole rings is 1. The van der Waals surface area contributed by atoms with Crippen molar-refractivity contribution in [2.75, 3.05) is 25.5 Å². The minimum Gasteiger partial charge on any atom is -0.495 e. The Kier molecular flexibility index (Phi) is 5.89. The van der Waals surface area contributed by atoms with Gasteiger partial charge in [0.2, 0.25) is 10.0 Å². The summed E-state index contributed by atoms with van der Waals surface area (Å²) in [6, 6.07) is 8.13. The summed E-state index contributed by atoms with van der Waals surface area (Å²) in [7, 11) is -2.47. The van der Waals surface area contributed by atoms with Crippen molar-refractivity contribution in [1.82, 2.24) is 24.5 Å². The fourth-order valence-electron chi connectivity index (χ4n) is 3.49. The normalized spacial score (nSPS) is 14.5. The molecule has 0 spiro atoms. The number of rotatable bonds is 6. The number of sulfonamides is 1. The Balaban J connectivity index is 1.65. The summed E-state index contributed by atoms with van der Waals surface area (Å²) < 4.78 is 48.4. The third kappa shape index (κ3) is 4.06. The summed E-state index contributed by atoms with van der Waals surface area (Å²) in [4.78, 5) is 12.8. The zero-order valence-corrected chi connectivity index (χ0v) is 18.3. The van der Waals surface area contributed by atoms with E-state index in [-0.39, 0.29) is 21.9 Å². The first-order valence-electron chi connectivity index (χ1n) is 9.85. The van der Waals surface area contributed by atoms with Gasteiger partial charge in [-0.15, -0.1) is 5.10 Å². The molecule has 0 radical (unpaired) electrons. The second-order valence-corrected chi connectivity index (χ2v) is 9.14. The van der Waals surface area contributed by atoms with Crippen LogP contribution >= 0.6 is 0 Å². The van der Waals surface area contributed by atoms with Gasteiger partial charge in [0, 0.05) is 18.7 Å². The van der Waals surface area contributed by atoms with Gasteiger partial charge in [-0.2, -0.15) is 8.99 Å². The van der Waals surface area contributed by atoms with Gasteiger partial charge in [0.25, 0.3) is 5.91 Å². The van der Waals surface area contributed by atoms with Gasteiger partial charge in [-0.25, -0.2) is 12.8 Å². The molecule has 3 aromatic rings. The van der Waals surface area contributed by atoms with Gasteiger partial charge in [-0.05, 0) is 66.6 Å². The highest BCUT2D eigenvalue weighted by Crippen LogP contribution is 2.30. The molecule has 2 aromatic carbocycles. The summed E-state index contributed by atoms with van der Waals surface area (Å²) in [5.74, 6) is -0.710. The minimum atomic E-state index is -3.83. The van der Waals surface area contributed by atoms with Gasteiger partial charge < -0.3 is 10.1 Å². The third-order valence-corrected chi connectivity index (χ3v) is 7.10. The van der Waals surface area contributed by atoms with Gasteiger partial charge in [0.15, 0.2) is 5.82 Å². The largest absolute Gasteiger partial charge is 0.495 e. The Labute approximate surface area is 184 Å². The predicted octanol–water partition coefficient (Wildman–Crippen LogP) is 2.16. The number of halogens is 1. The number of aromatic nitrogens is 4. The maximum atomic E-state index is 14.4. The van der Waals surface area contributed by atoms with E-state index in [1.807, 2.05) is 0 Å². The lowest BCUT2D eigenvalue weighted by Crippen LogP contribution is -2.28. The average Bonchev–Trinajstić information content (AvgIpc) is 3.47. The van der Waals surface area contributed by atoms with Crippen molar-refractivity contribution < 1.29 is 22.3 Å². The molecule has 12 heteroatoms. The Morgan fingerprint density at radius 3 is 2.56 bits per heavy atom. The molecular formula is C20H21FN6O4S. The topological polar surface area (TPSA) is 119 Å². The fourth-order valence-corrected chi connectivity index (χ4v) is 5.19. The first kappa shape index (κ1) is 21.8. The van der Waals surface area contributed by atoms with Gasteiger partial charge >= 0.3 is 0 Å². The van der Waals surface area contributed by atoms with E-state index in [0.717, 1.165) is 12.8 Å². The first-order valence-corrected chi connectivity index (χ1v) is 11.3. The van der Waals surface area contributed by atoms with Crippen LogP contribution in [0.15, 0.2) is 41.3 Å². The van der Waals surface area contributed by atoms with Crippen molar-refractivity contribution in [3.8, 4) is 11.4 Å². The van der Waals surface area contributed by atoms with Gasteiger partial charge in [-0.1, -0.05) is 0 Å². The molecule has 1 saturated heterocycles. The van der Waals surface area contributed by atoms with Crippen LogP contribution in [0.5, 0.6) is 5.75 Å². The number of hydrogen-bond acceptors (Lipinski definition) is 7. The van der Waals surface area contributed by atoms with Crippen LogP contribution in [0.25, 0.3) is 5.69 Å². The number of amides is 1. The zero-order chi connectivity index (χ0) is 22.9. The van der Waals surface area contributed by atoms with Gasteiger partial charge in [0.05, 0.1) is 18.5 Å². The maximum absolute atomic E-state index is 14.4. The van der Waals surface area contributed by atoms with E-state index in [1.165, 1.54) is 52.5 Å². The first-order chi connectivity index (χ1) is 15.3. The SMILES string of the molecule is COc1ccc(C(=O)Nc2cc(-n3nnnc3C)ccc2F)cc1S(=O)(=O)N1CCCC1. The van der Waals surface area contributed by atoms with E-state index in [9.17, 15) is 17.6 Å². The Bertz CT molecular complexity index is 1270. The highest BCUT2D eigenvalue weighted by atomic mass is 32.2. The van der Waals surface area contributed by atoms with Crippen molar-refractivity contribution in [1.29, 1.82) is 0 Å². The van der Waals surface area contributed by atoms with E-state index < -0.39 is 21.7 Å². The summed E-state index contributed by atoms with van der Waals surface area (Å²) in [5.41, 5.74) is 0.408. The lowest BCUT2D eigenvalue weighted by atomic mass is 10.2. The second-order valence-electron chi connectivity index (χ2n) is 7.23. The molecule has 0 bridgehead atoms. The quantitative estimate of drug-likeness (QED) is 0.599. The van der Waals surface area contributed by atoms with Crippen LogP contribution in [-0.2, 0) is 10.0 Å². The molecule has 4 rings (SSSR count). The average molecular weight is 460 g/mol. The van der Waals surface area contributed by atoms with Crippen LogP contribution in [-0.4, -0.2) is 59.0 Å². The monoisotopic (exact) mass is 460 g/mol. The molecule has 2 heterocycles. The van der Waals surface area contributed by atoms with Crippen molar-refractivity contribution in [3.63, 3.8) is 0 Å². The summed E-state index contributed by atoms with van der Waals surface area (Å²) >= 11 is 0. The van der Waals surface area contributed by atoms with Gasteiger partial charge in [0.1, 0.15) is 16.5 Å². The molecular weight excluding hydrogens is 439 g/mol. The molecule has 1 aliphatic heterocycles. The molecule has 168 valence electrons. The van der Waals surface area contributed by atoms with Crippen LogP contribution < -0.4 is 10.1 Å². The molecule has 0 saturated carbocycles. The lowest BCUT2D eigenvalue weighted by molar-refractivity contribution is 0.102. The molecule has 10 nitrogen and oxygen atoms in total. The maximum Gasteiger partial charge on any atom is 0.255 e. The number of carbonyl (C=O) groups excluding carboxylic acids is 1. The van der Waals surface area contributed by atoms with Crippen molar-refractivity contribution in [2.24, 2.45) is 0 Å². The van der Waals surface area contributed by atoms with E-state index in [4.69, 9.17) is 4.74 Å². The van der Waals surface area contributed by atoms with E-state index in [2.05, 4.69) is 20.8 Å². The number of methoxy groups -OCH3 is 1. The highest BCUT2D eigenvalue weighted by Gasteiger charge is 2.30. The molecule has 0 atom stereocenters. The highest BCUT2D eigenvalue weighted by molar-refractivity contribution is 7.89. The number of ether oxygens (including phenoxy) is 1. The van der Waals surface area contributed by atoms with Crippen LogP contribution in [0.3, 0.4) is 0 Å². The lowest BCUT2D eigenvalue weighted by Gasteiger charge is -2.18. The fraction of sp³-hybridized carbons (Fsp3) is 0.300. The van der Waals surface area contributed by atoms with Crippen LogP contribution in [0, 0.1) is 12.7 Å². The molecule has 1 fully saturated rings. The molecule has 0 unspecified atom stereocenters. The van der Waals surface area contributed by atoms with E-state index >= 15 is 0 Å². The molecule has 1 N–H and O–H groups in total. The number of nitrogens with zero attached hydrogens (tertiary/aromatic N) is 5.